The Labute approximate surface area is 104 Å². The van der Waals surface area contributed by atoms with Crippen LogP contribution in [0.3, 0.4) is 0 Å². The number of hydrogen-bond acceptors (Lipinski definition) is 3. The molecule has 17 heavy (non-hydrogen) atoms. The van der Waals surface area contributed by atoms with Crippen molar-refractivity contribution in [1.82, 2.24) is 0 Å². The van der Waals surface area contributed by atoms with Crippen molar-refractivity contribution in [2.75, 3.05) is 11.9 Å². The topological polar surface area (TPSA) is 55.4 Å². The summed E-state index contributed by atoms with van der Waals surface area (Å²) in [7, 11) is 0. The molecule has 0 saturated heterocycles. The number of carbonyl (C=O) groups is 2. The van der Waals surface area contributed by atoms with Gasteiger partial charge in [0.2, 0.25) is 0 Å². The average molecular weight is 254 g/mol. The molecule has 0 heterocycles. The van der Waals surface area contributed by atoms with Crippen LogP contribution in [-0.4, -0.2) is 18.5 Å². The molecule has 0 aliphatic carbocycles. The number of para-hydroxylation sites is 1. The molecule has 4 nitrogen and oxygen atoms in total. The van der Waals surface area contributed by atoms with E-state index in [0.717, 1.165) is 0 Å². The van der Waals surface area contributed by atoms with Crippen molar-refractivity contribution in [2.45, 2.75) is 6.42 Å². The van der Waals surface area contributed by atoms with Crippen molar-refractivity contribution < 1.29 is 14.3 Å². The number of rotatable bonds is 5. The van der Waals surface area contributed by atoms with E-state index in [1.807, 2.05) is 0 Å². The molecule has 1 rings (SSSR count). The van der Waals surface area contributed by atoms with Gasteiger partial charge < -0.3 is 10.1 Å². The fourth-order valence-corrected chi connectivity index (χ4v) is 1.25. The van der Waals surface area contributed by atoms with Gasteiger partial charge >= 0.3 is 5.97 Å². The summed E-state index contributed by atoms with van der Waals surface area (Å²) >= 11 is 5.85. The van der Waals surface area contributed by atoms with Crippen LogP contribution in [0.2, 0.25) is 5.02 Å². The van der Waals surface area contributed by atoms with Crippen LogP contribution in [0.15, 0.2) is 36.9 Å². The molecule has 0 unspecified atom stereocenters. The van der Waals surface area contributed by atoms with Gasteiger partial charge in [-0.05, 0) is 12.1 Å². The lowest BCUT2D eigenvalue weighted by molar-refractivity contribution is -0.146. The Hall–Kier alpha value is -1.81. The lowest BCUT2D eigenvalue weighted by atomic mass is 10.3. The number of ether oxygens (including phenoxy) is 1. The van der Waals surface area contributed by atoms with E-state index in [0.29, 0.717) is 10.7 Å². The summed E-state index contributed by atoms with van der Waals surface area (Å²) in [5.41, 5.74) is 0.485. The molecule has 0 aliphatic heterocycles. The Bertz CT molecular complexity index is 432. The molecule has 0 saturated carbocycles. The lowest BCUT2D eigenvalue weighted by Crippen LogP contribution is -2.20. The monoisotopic (exact) mass is 253 g/mol. The fourth-order valence-electron chi connectivity index (χ4n) is 1.07. The Morgan fingerprint density at radius 1 is 1.41 bits per heavy atom. The van der Waals surface area contributed by atoms with Crippen molar-refractivity contribution in [3.8, 4) is 0 Å². The Morgan fingerprint density at radius 2 is 2.12 bits per heavy atom. The molecule has 0 fully saturated rings. The van der Waals surface area contributed by atoms with Crippen LogP contribution in [0.4, 0.5) is 5.69 Å². The number of amides is 1. The largest absolute Gasteiger partial charge is 0.455 e. The first kappa shape index (κ1) is 13.3. The fraction of sp³-hybridized carbons (Fsp3) is 0.167. The summed E-state index contributed by atoms with van der Waals surface area (Å²) in [6.45, 7) is 3.05. The van der Waals surface area contributed by atoms with Gasteiger partial charge in [-0.1, -0.05) is 29.8 Å². The van der Waals surface area contributed by atoms with Gasteiger partial charge in [0.05, 0.1) is 17.1 Å². The van der Waals surface area contributed by atoms with Crippen LogP contribution in [0.25, 0.3) is 0 Å². The number of nitrogens with one attached hydrogen (secondary N) is 1. The van der Waals surface area contributed by atoms with Gasteiger partial charge in [-0.3, -0.25) is 9.59 Å². The van der Waals surface area contributed by atoms with Crippen LogP contribution in [0.1, 0.15) is 6.42 Å². The molecular weight excluding hydrogens is 242 g/mol. The second kappa shape index (κ2) is 6.70. The van der Waals surface area contributed by atoms with Gasteiger partial charge in [-0.2, -0.15) is 0 Å². The molecule has 1 N–H and O–H groups in total. The number of halogens is 1. The third-order valence-electron chi connectivity index (χ3n) is 1.82. The first-order valence-corrected chi connectivity index (χ1v) is 5.32. The molecule has 0 atom stereocenters. The summed E-state index contributed by atoms with van der Waals surface area (Å²) in [4.78, 5) is 22.4. The molecule has 0 aliphatic rings. The zero-order chi connectivity index (χ0) is 12.7. The number of carbonyl (C=O) groups excluding carboxylic acids is 2. The molecule has 0 aromatic heterocycles. The number of anilines is 1. The Morgan fingerprint density at radius 3 is 2.76 bits per heavy atom. The SMILES string of the molecule is C=CCC(=O)OCC(=O)Nc1ccccc1Cl. The zero-order valence-electron chi connectivity index (χ0n) is 9.11. The van der Waals surface area contributed by atoms with Crippen LogP contribution in [0, 0.1) is 0 Å². The summed E-state index contributed by atoms with van der Waals surface area (Å²) in [5.74, 6) is -0.926. The standard InChI is InChI=1S/C12H12ClNO3/c1-2-5-12(16)17-8-11(15)14-10-7-4-3-6-9(10)13/h2-4,6-7H,1,5,8H2,(H,14,15). The second-order valence-electron chi connectivity index (χ2n) is 3.18. The number of esters is 1. The minimum absolute atomic E-state index is 0.0827. The molecular formula is C12H12ClNO3. The van der Waals surface area contributed by atoms with Gasteiger partial charge in [0.25, 0.3) is 5.91 Å². The zero-order valence-corrected chi connectivity index (χ0v) is 9.87. The summed E-state index contributed by atoms with van der Waals surface area (Å²) < 4.78 is 4.69. The van der Waals surface area contributed by atoms with E-state index in [2.05, 4.69) is 11.9 Å². The molecule has 0 bridgehead atoms. The average Bonchev–Trinajstić information content (AvgIpc) is 2.30. The van der Waals surface area contributed by atoms with Crippen LogP contribution >= 0.6 is 11.6 Å². The molecule has 90 valence electrons. The molecule has 1 aromatic carbocycles. The first-order chi connectivity index (χ1) is 8.13. The normalized spacial score (nSPS) is 9.47. The highest BCUT2D eigenvalue weighted by molar-refractivity contribution is 6.33. The molecule has 5 heteroatoms. The van der Waals surface area contributed by atoms with E-state index < -0.39 is 11.9 Å². The highest BCUT2D eigenvalue weighted by Gasteiger charge is 2.07. The molecule has 0 radical (unpaired) electrons. The van der Waals surface area contributed by atoms with E-state index >= 15 is 0 Å². The first-order valence-electron chi connectivity index (χ1n) is 4.94. The van der Waals surface area contributed by atoms with Crippen LogP contribution < -0.4 is 5.32 Å². The Balaban J connectivity index is 2.43. The van der Waals surface area contributed by atoms with Gasteiger partial charge in [0.15, 0.2) is 6.61 Å². The van der Waals surface area contributed by atoms with E-state index in [1.165, 1.54) is 6.08 Å². The lowest BCUT2D eigenvalue weighted by Gasteiger charge is -2.07. The Kier molecular flexibility index (Phi) is 5.23. The van der Waals surface area contributed by atoms with Gasteiger partial charge in [0, 0.05) is 0 Å². The van der Waals surface area contributed by atoms with Gasteiger partial charge in [-0.25, -0.2) is 0 Å². The van der Waals surface area contributed by atoms with E-state index in [9.17, 15) is 9.59 Å². The maximum Gasteiger partial charge on any atom is 0.310 e. The van der Waals surface area contributed by atoms with E-state index in [-0.39, 0.29) is 13.0 Å². The predicted molar refractivity (Wildman–Crippen MR) is 65.9 cm³/mol. The minimum atomic E-state index is -0.491. The maximum absolute atomic E-state index is 11.4. The number of hydrogen-bond donors (Lipinski definition) is 1. The van der Waals surface area contributed by atoms with Crippen molar-refractivity contribution in [2.24, 2.45) is 0 Å². The smallest absolute Gasteiger partial charge is 0.310 e. The third-order valence-corrected chi connectivity index (χ3v) is 2.15. The van der Waals surface area contributed by atoms with Crippen LogP contribution in [-0.2, 0) is 14.3 Å². The van der Waals surface area contributed by atoms with Crippen molar-refractivity contribution in [3.05, 3.63) is 41.9 Å². The molecule has 1 amide bonds. The minimum Gasteiger partial charge on any atom is -0.455 e. The van der Waals surface area contributed by atoms with Crippen molar-refractivity contribution >= 4 is 29.2 Å². The third kappa shape index (κ3) is 4.70. The molecule has 1 aromatic rings. The summed E-state index contributed by atoms with van der Waals surface area (Å²) in [5, 5.41) is 2.96. The quantitative estimate of drug-likeness (QED) is 0.648. The van der Waals surface area contributed by atoms with Crippen molar-refractivity contribution in [3.63, 3.8) is 0 Å². The second-order valence-corrected chi connectivity index (χ2v) is 3.59. The summed E-state index contributed by atoms with van der Waals surface area (Å²) in [6, 6.07) is 6.81. The number of benzene rings is 1. The van der Waals surface area contributed by atoms with Gasteiger partial charge in [-0.15, -0.1) is 6.58 Å². The summed E-state index contributed by atoms with van der Waals surface area (Å²) in [6.07, 6.45) is 1.49. The van der Waals surface area contributed by atoms with Gasteiger partial charge in [0.1, 0.15) is 0 Å². The van der Waals surface area contributed by atoms with E-state index in [1.54, 1.807) is 24.3 Å². The predicted octanol–water partition coefficient (Wildman–Crippen LogP) is 2.40. The molecule has 0 spiro atoms. The van der Waals surface area contributed by atoms with E-state index in [4.69, 9.17) is 16.3 Å². The highest BCUT2D eigenvalue weighted by Crippen LogP contribution is 2.20. The van der Waals surface area contributed by atoms with Crippen molar-refractivity contribution in [1.29, 1.82) is 0 Å². The maximum atomic E-state index is 11.4. The van der Waals surface area contributed by atoms with Crippen LogP contribution in [0.5, 0.6) is 0 Å². The highest BCUT2D eigenvalue weighted by atomic mass is 35.5.